The van der Waals surface area contributed by atoms with Gasteiger partial charge < -0.3 is 9.38 Å². The summed E-state index contributed by atoms with van der Waals surface area (Å²) in [5, 5.41) is 6.89. The van der Waals surface area contributed by atoms with Gasteiger partial charge in [0.2, 0.25) is 0 Å². The van der Waals surface area contributed by atoms with Crippen LogP contribution in [0.4, 0.5) is 5.13 Å². The summed E-state index contributed by atoms with van der Waals surface area (Å²) in [6, 6.07) is 10.5. The van der Waals surface area contributed by atoms with Crippen LogP contribution in [-0.2, 0) is 0 Å². The van der Waals surface area contributed by atoms with Crippen LogP contribution in [0.25, 0.3) is 0 Å². The number of thiazole rings is 1. The Bertz CT molecular complexity index is 630. The minimum absolute atomic E-state index is 0.901. The van der Waals surface area contributed by atoms with Gasteiger partial charge in [0.1, 0.15) is 0 Å². The molecule has 0 atom stereocenters. The van der Waals surface area contributed by atoms with E-state index in [-0.39, 0.29) is 0 Å². The zero-order valence-electron chi connectivity index (χ0n) is 12.7. The molecule has 0 amide bonds. The standard InChI is InChI=1S/C16H22BN3S/c1-3-10-17(11-4-2)19-15(14-8-6-5-7-9-14)18-16-20(17)12-13-21-16/h5-9,12-13H,3-4,10-11H2,1-2H3,(H,18,19). The minimum Gasteiger partial charge on any atom is -0.416 e. The number of hydrogen-bond acceptors (Lipinski definition) is 3. The quantitative estimate of drug-likeness (QED) is 0.830. The number of nitrogens with one attached hydrogen (secondary N) is 1. The van der Waals surface area contributed by atoms with Gasteiger partial charge in [0, 0.05) is 10.9 Å². The van der Waals surface area contributed by atoms with Crippen molar-refractivity contribution in [2.75, 3.05) is 5.32 Å². The summed E-state index contributed by atoms with van der Waals surface area (Å²) in [5.41, 5.74) is 1.18. The van der Waals surface area contributed by atoms with Crippen LogP contribution in [-0.4, -0.2) is 12.3 Å². The highest BCUT2D eigenvalue weighted by Gasteiger charge is 2.37. The molecule has 3 nitrogen and oxygen atoms in total. The Balaban J connectivity index is 2.09. The maximum absolute atomic E-state index is 5.21. The van der Waals surface area contributed by atoms with E-state index in [0.29, 0.717) is 0 Å². The second kappa shape index (κ2) is 6.02. The van der Waals surface area contributed by atoms with Crippen molar-refractivity contribution >= 4 is 28.7 Å². The van der Waals surface area contributed by atoms with Gasteiger partial charge in [-0.2, -0.15) is 0 Å². The van der Waals surface area contributed by atoms with Crippen molar-refractivity contribution in [2.45, 2.75) is 39.3 Å². The van der Waals surface area contributed by atoms with Gasteiger partial charge >= 0.3 is 6.42 Å². The predicted molar refractivity (Wildman–Crippen MR) is 92.5 cm³/mol. The number of amidine groups is 1. The summed E-state index contributed by atoms with van der Waals surface area (Å²) >= 11 is 1.76. The fourth-order valence-electron chi connectivity index (χ4n) is 3.42. The van der Waals surface area contributed by atoms with Crippen LogP contribution in [0.15, 0.2) is 46.8 Å². The topological polar surface area (TPSA) is 28.3 Å². The molecule has 3 rings (SSSR count). The van der Waals surface area contributed by atoms with Gasteiger partial charge in [-0.05, 0) is 12.1 Å². The van der Waals surface area contributed by atoms with Crippen molar-refractivity contribution in [3.05, 3.63) is 47.5 Å². The second-order valence-corrected chi connectivity index (χ2v) is 6.69. The summed E-state index contributed by atoms with van der Waals surface area (Å²) in [4.78, 5) is 5.21. The molecule has 0 radical (unpaired) electrons. The van der Waals surface area contributed by atoms with E-state index in [2.05, 4.69) is 65.6 Å². The number of anilines is 1. The fourth-order valence-corrected chi connectivity index (χ4v) is 4.27. The van der Waals surface area contributed by atoms with Gasteiger partial charge in [-0.1, -0.05) is 56.2 Å². The SMILES string of the molecule is CCC[B-]1(CCC)N=C(c2ccccc2)Nc2scc[n+]21. The van der Waals surface area contributed by atoms with Gasteiger partial charge in [0.15, 0.2) is 5.84 Å². The molecule has 0 saturated heterocycles. The Labute approximate surface area is 130 Å². The van der Waals surface area contributed by atoms with E-state index in [1.165, 1.54) is 10.7 Å². The zero-order chi connectivity index (χ0) is 14.7. The number of fused-ring (bicyclic) bond motifs is 1. The maximum Gasteiger partial charge on any atom is 0.303 e. The number of nitrogens with zero attached hydrogens (tertiary/aromatic N) is 2. The monoisotopic (exact) mass is 299 g/mol. The number of aromatic nitrogens is 1. The van der Waals surface area contributed by atoms with E-state index < -0.39 is 6.42 Å². The number of benzene rings is 1. The molecule has 21 heavy (non-hydrogen) atoms. The van der Waals surface area contributed by atoms with Crippen LogP contribution in [0.2, 0.25) is 12.6 Å². The fraction of sp³-hybridized carbons (Fsp3) is 0.375. The van der Waals surface area contributed by atoms with Crippen molar-refractivity contribution in [2.24, 2.45) is 4.90 Å². The first kappa shape index (κ1) is 14.3. The molecule has 1 aromatic carbocycles. The van der Waals surface area contributed by atoms with Crippen LogP contribution in [0.5, 0.6) is 0 Å². The molecular formula is C16H22BN3S. The van der Waals surface area contributed by atoms with Gasteiger partial charge in [-0.3, -0.25) is 0 Å². The molecule has 1 aliphatic rings. The van der Waals surface area contributed by atoms with E-state index in [1.54, 1.807) is 11.3 Å². The Morgan fingerprint density at radius 3 is 2.52 bits per heavy atom. The van der Waals surface area contributed by atoms with Crippen LogP contribution < -0.4 is 9.79 Å². The van der Waals surface area contributed by atoms with E-state index >= 15 is 0 Å². The highest BCUT2D eigenvalue weighted by molar-refractivity contribution is 7.13. The highest BCUT2D eigenvalue weighted by Crippen LogP contribution is 2.27. The summed E-state index contributed by atoms with van der Waals surface area (Å²) in [6.45, 7) is 4.51. The first-order valence-electron chi connectivity index (χ1n) is 7.89. The molecule has 0 aliphatic carbocycles. The van der Waals surface area contributed by atoms with Crippen molar-refractivity contribution in [1.82, 2.24) is 0 Å². The van der Waals surface area contributed by atoms with Gasteiger partial charge in [0.05, 0.1) is 6.20 Å². The number of rotatable bonds is 5. The van der Waals surface area contributed by atoms with Crippen molar-refractivity contribution in [1.29, 1.82) is 0 Å². The van der Waals surface area contributed by atoms with Crippen molar-refractivity contribution < 1.29 is 4.48 Å². The minimum atomic E-state index is -0.901. The average Bonchev–Trinajstić information content (AvgIpc) is 2.98. The maximum atomic E-state index is 5.21. The molecule has 1 aliphatic heterocycles. The molecule has 2 heterocycles. The molecular weight excluding hydrogens is 277 g/mol. The van der Waals surface area contributed by atoms with Crippen molar-refractivity contribution in [3.8, 4) is 0 Å². The van der Waals surface area contributed by atoms with Crippen LogP contribution in [0.1, 0.15) is 32.3 Å². The van der Waals surface area contributed by atoms with Crippen LogP contribution in [0.3, 0.4) is 0 Å². The molecule has 0 bridgehead atoms. The third-order valence-electron chi connectivity index (χ3n) is 4.30. The molecule has 0 saturated carbocycles. The predicted octanol–water partition coefficient (Wildman–Crippen LogP) is 4.02. The lowest BCUT2D eigenvalue weighted by Crippen LogP contribution is -2.66. The van der Waals surface area contributed by atoms with E-state index in [4.69, 9.17) is 4.90 Å². The van der Waals surface area contributed by atoms with Crippen LogP contribution in [0, 0.1) is 0 Å². The third-order valence-corrected chi connectivity index (χ3v) is 5.09. The van der Waals surface area contributed by atoms with E-state index in [9.17, 15) is 0 Å². The lowest BCUT2D eigenvalue weighted by Gasteiger charge is -2.37. The molecule has 110 valence electrons. The van der Waals surface area contributed by atoms with E-state index in [1.807, 2.05) is 0 Å². The highest BCUT2D eigenvalue weighted by atomic mass is 32.1. The second-order valence-electron chi connectivity index (χ2n) is 5.80. The smallest absolute Gasteiger partial charge is 0.303 e. The molecule has 1 N–H and O–H groups in total. The molecule has 2 aromatic rings. The zero-order valence-corrected chi connectivity index (χ0v) is 13.6. The first-order valence-corrected chi connectivity index (χ1v) is 8.77. The number of hydrogen-bond donors (Lipinski definition) is 1. The van der Waals surface area contributed by atoms with Gasteiger partial charge in [-0.15, -0.1) is 12.6 Å². The Morgan fingerprint density at radius 2 is 1.86 bits per heavy atom. The molecule has 0 spiro atoms. The largest absolute Gasteiger partial charge is 0.416 e. The summed E-state index contributed by atoms with van der Waals surface area (Å²) in [5.74, 6) is 1.03. The van der Waals surface area contributed by atoms with Crippen molar-refractivity contribution in [3.63, 3.8) is 0 Å². The Kier molecular flexibility index (Phi) is 4.11. The lowest BCUT2D eigenvalue weighted by molar-refractivity contribution is -0.529. The van der Waals surface area contributed by atoms with E-state index in [0.717, 1.165) is 31.3 Å². The first-order chi connectivity index (χ1) is 10.3. The summed E-state index contributed by atoms with van der Waals surface area (Å²) < 4.78 is 2.39. The molecule has 5 heteroatoms. The summed E-state index contributed by atoms with van der Waals surface area (Å²) in [7, 11) is 0. The normalized spacial score (nSPS) is 16.0. The molecule has 0 fully saturated rings. The Morgan fingerprint density at radius 1 is 1.14 bits per heavy atom. The van der Waals surface area contributed by atoms with Crippen LogP contribution >= 0.6 is 11.3 Å². The van der Waals surface area contributed by atoms with Gasteiger partial charge in [-0.25, -0.2) is 5.32 Å². The molecule has 0 unspecified atom stereocenters. The molecule has 1 aromatic heterocycles. The summed E-state index contributed by atoms with van der Waals surface area (Å²) in [6.07, 6.45) is 5.90. The third kappa shape index (κ3) is 2.62. The lowest BCUT2D eigenvalue weighted by atomic mass is 9.40. The average molecular weight is 299 g/mol. The van der Waals surface area contributed by atoms with Gasteiger partial charge in [0.25, 0.3) is 5.13 Å². The Hall–Kier alpha value is -1.62.